The predicted molar refractivity (Wildman–Crippen MR) is 79.8 cm³/mol. The zero-order valence-corrected chi connectivity index (χ0v) is 13.1. The summed E-state index contributed by atoms with van der Waals surface area (Å²) in [6.07, 6.45) is 0.0765. The van der Waals surface area contributed by atoms with Crippen molar-refractivity contribution >= 4 is 32.5 Å². The van der Waals surface area contributed by atoms with Crippen LogP contribution in [0, 0.1) is 6.92 Å². The number of rotatable bonds is 5. The van der Waals surface area contributed by atoms with Gasteiger partial charge in [0.25, 0.3) is 10.0 Å². The van der Waals surface area contributed by atoms with Crippen LogP contribution in [-0.2, 0) is 26.0 Å². The van der Waals surface area contributed by atoms with Gasteiger partial charge in [-0.3, -0.25) is 9.52 Å². The molecular formula is C13H14N2O4S2. The lowest BCUT2D eigenvalue weighted by Crippen LogP contribution is -2.12. The van der Waals surface area contributed by atoms with Gasteiger partial charge < -0.3 is 4.74 Å². The Bertz CT molecular complexity index is 739. The highest BCUT2D eigenvalue weighted by atomic mass is 32.2. The fraction of sp³-hybridized carbons (Fsp3) is 0.231. The first-order valence-electron chi connectivity index (χ1n) is 6.03. The fourth-order valence-corrected chi connectivity index (χ4v) is 3.82. The molecule has 0 saturated heterocycles. The minimum atomic E-state index is -3.67. The van der Waals surface area contributed by atoms with Crippen molar-refractivity contribution < 1.29 is 17.9 Å². The van der Waals surface area contributed by atoms with E-state index < -0.39 is 10.0 Å². The molecule has 21 heavy (non-hydrogen) atoms. The van der Waals surface area contributed by atoms with E-state index in [0.29, 0.717) is 10.6 Å². The van der Waals surface area contributed by atoms with Crippen LogP contribution in [0.3, 0.4) is 0 Å². The maximum absolute atomic E-state index is 12.2. The van der Waals surface area contributed by atoms with Crippen molar-refractivity contribution in [3.63, 3.8) is 0 Å². The summed E-state index contributed by atoms with van der Waals surface area (Å²) in [5, 5.41) is 0.232. The Morgan fingerprint density at radius 2 is 2.00 bits per heavy atom. The summed E-state index contributed by atoms with van der Waals surface area (Å²) in [5.41, 5.74) is 0.608. The van der Waals surface area contributed by atoms with Crippen molar-refractivity contribution in [2.45, 2.75) is 18.2 Å². The summed E-state index contributed by atoms with van der Waals surface area (Å²) in [7, 11) is -2.37. The highest BCUT2D eigenvalue weighted by molar-refractivity contribution is 7.93. The summed E-state index contributed by atoms with van der Waals surface area (Å²) in [6.45, 7) is 1.72. The average Bonchev–Trinajstić information content (AvgIpc) is 2.78. The summed E-state index contributed by atoms with van der Waals surface area (Å²) >= 11 is 1.12. The third kappa shape index (κ3) is 3.79. The highest BCUT2D eigenvalue weighted by Crippen LogP contribution is 2.25. The predicted octanol–water partition coefficient (Wildman–Crippen LogP) is 1.97. The molecule has 1 aromatic heterocycles. The summed E-state index contributed by atoms with van der Waals surface area (Å²) in [5.74, 6) is -0.390. The molecule has 2 aromatic rings. The summed E-state index contributed by atoms with van der Waals surface area (Å²) in [4.78, 5) is 16.2. The van der Waals surface area contributed by atoms with Gasteiger partial charge in [-0.2, -0.15) is 0 Å². The number of hydrogen-bond donors (Lipinski definition) is 1. The third-order valence-corrected chi connectivity index (χ3v) is 5.26. The molecule has 0 saturated carbocycles. The van der Waals surface area contributed by atoms with Gasteiger partial charge in [0.15, 0.2) is 5.13 Å². The number of nitrogens with one attached hydrogen (secondary N) is 1. The Balaban J connectivity index is 2.21. The lowest BCUT2D eigenvalue weighted by molar-refractivity contribution is -0.139. The second kappa shape index (κ2) is 6.23. The molecule has 0 amide bonds. The molecule has 0 aliphatic carbocycles. The second-order valence-electron chi connectivity index (χ2n) is 4.20. The Kier molecular flexibility index (Phi) is 4.59. The molecule has 1 heterocycles. The maximum atomic E-state index is 12.2. The second-order valence-corrected chi connectivity index (χ2v) is 6.97. The van der Waals surface area contributed by atoms with Gasteiger partial charge in [-0.05, 0) is 19.1 Å². The molecule has 0 fully saturated rings. The van der Waals surface area contributed by atoms with Crippen molar-refractivity contribution in [2.75, 3.05) is 11.8 Å². The molecule has 1 aromatic carbocycles. The maximum Gasteiger partial charge on any atom is 0.310 e. The van der Waals surface area contributed by atoms with Crippen LogP contribution in [0.4, 0.5) is 5.13 Å². The Morgan fingerprint density at radius 3 is 2.62 bits per heavy atom. The molecule has 0 atom stereocenters. The molecule has 112 valence electrons. The molecular weight excluding hydrogens is 312 g/mol. The van der Waals surface area contributed by atoms with Gasteiger partial charge in [-0.15, -0.1) is 11.3 Å². The number of carbonyl (C=O) groups excluding carboxylic acids is 1. The number of carbonyl (C=O) groups is 1. The number of esters is 1. The average molecular weight is 326 g/mol. The Hall–Kier alpha value is -1.93. The van der Waals surface area contributed by atoms with Crippen molar-refractivity contribution in [1.29, 1.82) is 0 Å². The number of aromatic nitrogens is 1. The van der Waals surface area contributed by atoms with E-state index in [4.69, 9.17) is 0 Å². The summed E-state index contributed by atoms with van der Waals surface area (Å²) < 4.78 is 31.3. The van der Waals surface area contributed by atoms with Crippen LogP contribution in [-0.4, -0.2) is 26.5 Å². The van der Waals surface area contributed by atoms with Gasteiger partial charge in [0, 0.05) is 4.88 Å². The van der Waals surface area contributed by atoms with E-state index in [1.807, 2.05) is 0 Å². The van der Waals surface area contributed by atoms with Crippen molar-refractivity contribution in [3.8, 4) is 0 Å². The molecule has 1 N–H and O–H groups in total. The molecule has 0 radical (unpaired) electrons. The first-order valence-corrected chi connectivity index (χ1v) is 8.33. The van der Waals surface area contributed by atoms with E-state index in [9.17, 15) is 13.2 Å². The number of sulfonamides is 1. The van der Waals surface area contributed by atoms with Gasteiger partial charge >= 0.3 is 5.97 Å². The zero-order valence-electron chi connectivity index (χ0n) is 11.5. The normalized spacial score (nSPS) is 11.1. The summed E-state index contributed by atoms with van der Waals surface area (Å²) in [6, 6.07) is 8.02. The van der Waals surface area contributed by atoms with Crippen LogP contribution < -0.4 is 4.72 Å². The molecule has 0 spiro atoms. The van der Waals surface area contributed by atoms with Crippen LogP contribution in [0.25, 0.3) is 0 Å². The van der Waals surface area contributed by atoms with E-state index >= 15 is 0 Å². The van der Waals surface area contributed by atoms with Crippen molar-refractivity contribution in [1.82, 2.24) is 4.98 Å². The van der Waals surface area contributed by atoms with Crippen LogP contribution >= 0.6 is 11.3 Å². The largest absolute Gasteiger partial charge is 0.469 e. The van der Waals surface area contributed by atoms with Gasteiger partial charge in [0.1, 0.15) is 0 Å². The zero-order chi connectivity index (χ0) is 15.5. The molecule has 8 heteroatoms. The number of ether oxygens (including phenoxy) is 1. The highest BCUT2D eigenvalue weighted by Gasteiger charge is 2.18. The number of hydrogen-bond acceptors (Lipinski definition) is 6. The van der Waals surface area contributed by atoms with Gasteiger partial charge in [0.2, 0.25) is 0 Å². The molecule has 0 aliphatic heterocycles. The quantitative estimate of drug-likeness (QED) is 0.849. The Morgan fingerprint density at radius 1 is 1.33 bits per heavy atom. The lowest BCUT2D eigenvalue weighted by Gasteiger charge is -2.04. The number of thiazole rings is 1. The van der Waals surface area contributed by atoms with E-state index in [-0.39, 0.29) is 22.4 Å². The molecule has 2 rings (SSSR count). The SMILES string of the molecule is COC(=O)Cc1sc(NS(=O)(=O)c2ccccc2)nc1C. The molecule has 6 nitrogen and oxygen atoms in total. The Labute approximate surface area is 126 Å². The molecule has 0 unspecified atom stereocenters. The number of aryl methyl sites for hydroxylation is 1. The van der Waals surface area contributed by atoms with Gasteiger partial charge in [-0.1, -0.05) is 18.2 Å². The van der Waals surface area contributed by atoms with Crippen LogP contribution in [0.2, 0.25) is 0 Å². The smallest absolute Gasteiger partial charge is 0.310 e. The monoisotopic (exact) mass is 326 g/mol. The standard InChI is InChI=1S/C13H14N2O4S2/c1-9-11(8-12(16)19-2)20-13(14-9)15-21(17,18)10-6-4-3-5-7-10/h3-7H,8H2,1-2H3,(H,14,15). The topological polar surface area (TPSA) is 85.4 Å². The third-order valence-electron chi connectivity index (χ3n) is 2.70. The first kappa shape index (κ1) is 15.5. The lowest BCUT2D eigenvalue weighted by atomic mass is 10.3. The van der Waals surface area contributed by atoms with Gasteiger partial charge in [-0.25, -0.2) is 13.4 Å². The number of nitrogens with zero attached hydrogens (tertiary/aromatic N) is 1. The van der Waals surface area contributed by atoms with E-state index in [0.717, 1.165) is 11.3 Å². The molecule has 0 aliphatic rings. The van der Waals surface area contributed by atoms with E-state index in [1.165, 1.54) is 19.2 Å². The van der Waals surface area contributed by atoms with Crippen LogP contribution in [0.5, 0.6) is 0 Å². The minimum Gasteiger partial charge on any atom is -0.469 e. The van der Waals surface area contributed by atoms with Crippen molar-refractivity contribution in [3.05, 3.63) is 40.9 Å². The van der Waals surface area contributed by atoms with E-state index in [2.05, 4.69) is 14.4 Å². The number of anilines is 1. The first-order chi connectivity index (χ1) is 9.92. The number of methoxy groups -OCH3 is 1. The van der Waals surface area contributed by atoms with Gasteiger partial charge in [0.05, 0.1) is 24.1 Å². The fourth-order valence-electron chi connectivity index (χ4n) is 1.61. The van der Waals surface area contributed by atoms with E-state index in [1.54, 1.807) is 25.1 Å². The van der Waals surface area contributed by atoms with Crippen molar-refractivity contribution in [2.24, 2.45) is 0 Å². The van der Waals surface area contributed by atoms with Crippen LogP contribution in [0.1, 0.15) is 10.6 Å². The molecule has 0 bridgehead atoms. The minimum absolute atomic E-state index is 0.0765. The number of benzene rings is 1. The van der Waals surface area contributed by atoms with Crippen LogP contribution in [0.15, 0.2) is 35.2 Å².